The molecule has 0 saturated heterocycles. The zero-order valence-corrected chi connectivity index (χ0v) is 11.4. The zero-order valence-electron chi connectivity index (χ0n) is 11.4. The number of aryl methyl sites for hydroxylation is 1. The number of H-pyrrole nitrogens is 1. The van der Waals surface area contributed by atoms with Gasteiger partial charge in [-0.25, -0.2) is 0 Å². The molecule has 2 aromatic rings. The van der Waals surface area contributed by atoms with Crippen LogP contribution in [-0.4, -0.2) is 22.7 Å². The summed E-state index contributed by atoms with van der Waals surface area (Å²) in [5.74, 6) is -0.186. The highest BCUT2D eigenvalue weighted by Crippen LogP contribution is 2.21. The molecule has 5 nitrogen and oxygen atoms in total. The number of hydrogen-bond donors (Lipinski definition) is 2. The van der Waals surface area contributed by atoms with Gasteiger partial charge in [0.05, 0.1) is 13.2 Å². The van der Waals surface area contributed by atoms with Gasteiger partial charge in [-0.05, 0) is 18.1 Å². The number of ether oxygens (including phenoxy) is 1. The van der Waals surface area contributed by atoms with Crippen LogP contribution in [0.2, 0.25) is 0 Å². The first-order chi connectivity index (χ1) is 9.79. The van der Waals surface area contributed by atoms with Crippen molar-refractivity contribution in [3.05, 3.63) is 46.8 Å². The van der Waals surface area contributed by atoms with Crippen LogP contribution in [0.25, 0.3) is 0 Å². The third kappa shape index (κ3) is 2.32. The van der Waals surface area contributed by atoms with E-state index in [4.69, 9.17) is 4.74 Å². The van der Waals surface area contributed by atoms with Crippen molar-refractivity contribution in [3.8, 4) is 0 Å². The van der Waals surface area contributed by atoms with Crippen molar-refractivity contribution in [1.82, 2.24) is 10.2 Å². The van der Waals surface area contributed by atoms with Gasteiger partial charge in [0.15, 0.2) is 5.69 Å². The SMILES string of the molecule is CCc1ccccc1NC(=O)c1n[nH]c2c1COCC2. The van der Waals surface area contributed by atoms with Gasteiger partial charge in [-0.3, -0.25) is 9.89 Å². The monoisotopic (exact) mass is 271 g/mol. The number of fused-ring (bicyclic) bond motifs is 1. The van der Waals surface area contributed by atoms with E-state index >= 15 is 0 Å². The van der Waals surface area contributed by atoms with E-state index in [1.807, 2.05) is 24.3 Å². The third-order valence-electron chi connectivity index (χ3n) is 3.56. The summed E-state index contributed by atoms with van der Waals surface area (Å²) in [5, 5.41) is 10.0. The van der Waals surface area contributed by atoms with Crippen LogP contribution in [0.15, 0.2) is 24.3 Å². The molecule has 0 radical (unpaired) electrons. The minimum Gasteiger partial charge on any atom is -0.376 e. The Morgan fingerprint density at radius 1 is 1.45 bits per heavy atom. The zero-order chi connectivity index (χ0) is 13.9. The van der Waals surface area contributed by atoms with Gasteiger partial charge >= 0.3 is 0 Å². The summed E-state index contributed by atoms with van der Waals surface area (Å²) in [4.78, 5) is 12.4. The maximum absolute atomic E-state index is 12.4. The van der Waals surface area contributed by atoms with E-state index in [2.05, 4.69) is 22.4 Å². The first kappa shape index (κ1) is 12.9. The van der Waals surface area contributed by atoms with Crippen LogP contribution < -0.4 is 5.32 Å². The molecule has 0 saturated carbocycles. The van der Waals surface area contributed by atoms with Crippen LogP contribution in [0, 0.1) is 0 Å². The summed E-state index contributed by atoms with van der Waals surface area (Å²) < 4.78 is 5.40. The maximum Gasteiger partial charge on any atom is 0.276 e. The van der Waals surface area contributed by atoms with E-state index < -0.39 is 0 Å². The van der Waals surface area contributed by atoms with Crippen LogP contribution in [0.4, 0.5) is 5.69 Å². The molecule has 104 valence electrons. The molecule has 0 spiro atoms. The number of carbonyl (C=O) groups is 1. The van der Waals surface area contributed by atoms with Crippen molar-refractivity contribution in [1.29, 1.82) is 0 Å². The van der Waals surface area contributed by atoms with Crippen molar-refractivity contribution in [2.75, 3.05) is 11.9 Å². The largest absolute Gasteiger partial charge is 0.376 e. The lowest BCUT2D eigenvalue weighted by atomic mass is 10.1. The summed E-state index contributed by atoms with van der Waals surface area (Å²) in [5.41, 5.74) is 4.27. The molecule has 3 rings (SSSR count). The summed E-state index contributed by atoms with van der Waals surface area (Å²) >= 11 is 0. The Bertz CT molecular complexity index is 634. The second-order valence-corrected chi connectivity index (χ2v) is 4.80. The first-order valence-corrected chi connectivity index (χ1v) is 6.82. The molecule has 0 atom stereocenters. The number of benzene rings is 1. The Morgan fingerprint density at radius 3 is 3.15 bits per heavy atom. The van der Waals surface area contributed by atoms with E-state index in [0.29, 0.717) is 18.9 Å². The van der Waals surface area contributed by atoms with Gasteiger partial charge in [-0.1, -0.05) is 25.1 Å². The van der Waals surface area contributed by atoms with Crippen molar-refractivity contribution in [2.45, 2.75) is 26.4 Å². The molecule has 2 N–H and O–H groups in total. The highest BCUT2D eigenvalue weighted by Gasteiger charge is 2.22. The number of aromatic amines is 1. The molecule has 0 aliphatic carbocycles. The number of para-hydroxylation sites is 1. The topological polar surface area (TPSA) is 67.0 Å². The highest BCUT2D eigenvalue weighted by atomic mass is 16.5. The molecule has 20 heavy (non-hydrogen) atoms. The molecule has 5 heteroatoms. The van der Waals surface area contributed by atoms with E-state index in [9.17, 15) is 4.79 Å². The number of nitrogens with zero attached hydrogens (tertiary/aromatic N) is 1. The predicted molar refractivity (Wildman–Crippen MR) is 75.7 cm³/mol. The van der Waals surface area contributed by atoms with Gasteiger partial charge in [-0.2, -0.15) is 5.10 Å². The normalized spacial score (nSPS) is 13.8. The molecular formula is C15H17N3O2. The molecule has 0 fully saturated rings. The van der Waals surface area contributed by atoms with Crippen LogP contribution in [0.5, 0.6) is 0 Å². The fourth-order valence-electron chi connectivity index (χ4n) is 2.43. The van der Waals surface area contributed by atoms with Gasteiger partial charge in [0.2, 0.25) is 0 Å². The summed E-state index contributed by atoms with van der Waals surface area (Å²) in [6.07, 6.45) is 1.65. The van der Waals surface area contributed by atoms with E-state index in [1.54, 1.807) is 0 Å². The number of aromatic nitrogens is 2. The number of hydrogen-bond acceptors (Lipinski definition) is 3. The molecule has 2 heterocycles. The molecular weight excluding hydrogens is 254 g/mol. The molecule has 1 amide bonds. The second-order valence-electron chi connectivity index (χ2n) is 4.80. The number of nitrogens with one attached hydrogen (secondary N) is 2. The molecule has 1 aliphatic rings. The lowest BCUT2D eigenvalue weighted by molar-refractivity contribution is 0.0985. The van der Waals surface area contributed by atoms with Crippen LogP contribution in [0.1, 0.15) is 34.2 Å². The number of rotatable bonds is 3. The summed E-state index contributed by atoms with van der Waals surface area (Å²) in [7, 11) is 0. The van der Waals surface area contributed by atoms with E-state index in [0.717, 1.165) is 35.3 Å². The maximum atomic E-state index is 12.4. The molecule has 0 bridgehead atoms. The average molecular weight is 271 g/mol. The molecule has 0 unspecified atom stereocenters. The van der Waals surface area contributed by atoms with Crippen LogP contribution >= 0.6 is 0 Å². The quantitative estimate of drug-likeness (QED) is 0.900. The Hall–Kier alpha value is -2.14. The minimum absolute atomic E-state index is 0.186. The van der Waals surface area contributed by atoms with Crippen molar-refractivity contribution < 1.29 is 9.53 Å². The smallest absolute Gasteiger partial charge is 0.276 e. The Labute approximate surface area is 117 Å². The first-order valence-electron chi connectivity index (χ1n) is 6.82. The van der Waals surface area contributed by atoms with Crippen LogP contribution in [-0.2, 0) is 24.2 Å². The van der Waals surface area contributed by atoms with Gasteiger partial charge in [0.1, 0.15) is 0 Å². The fourth-order valence-corrected chi connectivity index (χ4v) is 2.43. The van der Waals surface area contributed by atoms with Gasteiger partial charge in [-0.15, -0.1) is 0 Å². The molecule has 1 aromatic heterocycles. The lowest BCUT2D eigenvalue weighted by Crippen LogP contribution is -2.17. The third-order valence-corrected chi connectivity index (χ3v) is 3.56. The number of carbonyl (C=O) groups excluding carboxylic acids is 1. The average Bonchev–Trinajstić information content (AvgIpc) is 2.92. The van der Waals surface area contributed by atoms with Gasteiger partial charge in [0, 0.05) is 23.4 Å². The Morgan fingerprint density at radius 2 is 2.30 bits per heavy atom. The lowest BCUT2D eigenvalue weighted by Gasteiger charge is -2.13. The van der Waals surface area contributed by atoms with Crippen molar-refractivity contribution >= 4 is 11.6 Å². The van der Waals surface area contributed by atoms with Gasteiger partial charge in [0.25, 0.3) is 5.91 Å². The fraction of sp³-hybridized carbons (Fsp3) is 0.333. The Kier molecular flexibility index (Phi) is 3.52. The van der Waals surface area contributed by atoms with Crippen molar-refractivity contribution in [2.24, 2.45) is 0 Å². The number of amides is 1. The highest BCUT2D eigenvalue weighted by molar-refractivity contribution is 6.04. The number of anilines is 1. The summed E-state index contributed by atoms with van der Waals surface area (Å²) in [6.45, 7) is 3.19. The Balaban J connectivity index is 1.85. The van der Waals surface area contributed by atoms with E-state index in [1.165, 1.54) is 0 Å². The van der Waals surface area contributed by atoms with Crippen molar-refractivity contribution in [3.63, 3.8) is 0 Å². The van der Waals surface area contributed by atoms with E-state index in [-0.39, 0.29) is 5.91 Å². The van der Waals surface area contributed by atoms with Crippen LogP contribution in [0.3, 0.4) is 0 Å². The standard InChI is InChI=1S/C15H17N3O2/c1-2-10-5-3-4-6-12(10)16-15(19)14-11-9-20-8-7-13(11)17-18-14/h3-6H,2,7-9H2,1H3,(H,16,19)(H,17,18). The second kappa shape index (κ2) is 5.46. The van der Waals surface area contributed by atoms with Gasteiger partial charge < -0.3 is 10.1 Å². The minimum atomic E-state index is -0.186. The predicted octanol–water partition coefficient (Wildman–Crippen LogP) is 2.30. The molecule has 1 aliphatic heterocycles. The molecule has 1 aromatic carbocycles. The summed E-state index contributed by atoms with van der Waals surface area (Å²) in [6, 6.07) is 7.81.